The van der Waals surface area contributed by atoms with Gasteiger partial charge in [0, 0.05) is 12.0 Å². The molecule has 0 aliphatic carbocycles. The lowest BCUT2D eigenvalue weighted by Crippen LogP contribution is -2.04. The van der Waals surface area contributed by atoms with Gasteiger partial charge in [-0.15, -0.1) is 10.2 Å². The molecule has 0 aliphatic heterocycles. The highest BCUT2D eigenvalue weighted by Crippen LogP contribution is 2.30. The zero-order valence-corrected chi connectivity index (χ0v) is 13.1. The number of aromatic nitrogens is 2. The first-order valence-corrected chi connectivity index (χ1v) is 7.65. The molecule has 3 aromatic rings. The van der Waals surface area contributed by atoms with Crippen LogP contribution >= 0.6 is 0 Å². The Balaban J connectivity index is 1.85. The first-order chi connectivity index (χ1) is 12.0. The average molecular weight is 348 g/mol. The number of aliphatic hydroxyl groups excluding tert-OH is 1. The lowest BCUT2D eigenvalue weighted by atomic mass is 9.99. The van der Waals surface area contributed by atoms with Crippen LogP contribution < -0.4 is 0 Å². The summed E-state index contributed by atoms with van der Waals surface area (Å²) in [6.45, 7) is -0.0885. The monoisotopic (exact) mass is 348 g/mol. The van der Waals surface area contributed by atoms with E-state index < -0.39 is 11.7 Å². The van der Waals surface area contributed by atoms with E-state index in [-0.39, 0.29) is 13.0 Å². The van der Waals surface area contributed by atoms with Crippen LogP contribution in [0.4, 0.5) is 13.2 Å². The maximum atomic E-state index is 12.7. The molecular formula is C18H15F3N2O2. The molecule has 0 fully saturated rings. The van der Waals surface area contributed by atoms with Gasteiger partial charge in [0.25, 0.3) is 0 Å². The molecule has 0 amide bonds. The van der Waals surface area contributed by atoms with Crippen LogP contribution in [0.15, 0.2) is 52.9 Å². The van der Waals surface area contributed by atoms with E-state index in [0.29, 0.717) is 18.2 Å². The van der Waals surface area contributed by atoms with Crippen LogP contribution in [0.3, 0.4) is 0 Å². The first-order valence-electron chi connectivity index (χ1n) is 7.65. The zero-order valence-electron chi connectivity index (χ0n) is 13.1. The summed E-state index contributed by atoms with van der Waals surface area (Å²) < 4.78 is 43.5. The van der Waals surface area contributed by atoms with E-state index in [9.17, 15) is 13.2 Å². The molecular weight excluding hydrogens is 333 g/mol. The van der Waals surface area contributed by atoms with Crippen molar-refractivity contribution in [2.24, 2.45) is 0 Å². The molecule has 25 heavy (non-hydrogen) atoms. The van der Waals surface area contributed by atoms with Crippen molar-refractivity contribution >= 4 is 0 Å². The van der Waals surface area contributed by atoms with Crippen molar-refractivity contribution in [3.8, 4) is 11.5 Å². The molecule has 4 nitrogen and oxygen atoms in total. The zero-order chi connectivity index (χ0) is 17.9. The fourth-order valence-electron chi connectivity index (χ4n) is 2.47. The molecule has 3 rings (SSSR count). The molecule has 0 atom stereocenters. The van der Waals surface area contributed by atoms with Crippen molar-refractivity contribution in [2.45, 2.75) is 19.0 Å². The topological polar surface area (TPSA) is 59.2 Å². The number of aliphatic hydroxyl groups is 1. The van der Waals surface area contributed by atoms with Gasteiger partial charge in [0.15, 0.2) is 0 Å². The Labute approximate surface area is 141 Å². The van der Waals surface area contributed by atoms with Crippen molar-refractivity contribution in [3.05, 3.63) is 71.1 Å². The molecule has 1 heterocycles. The van der Waals surface area contributed by atoms with Gasteiger partial charge in [-0.2, -0.15) is 13.2 Å². The van der Waals surface area contributed by atoms with Gasteiger partial charge in [-0.25, -0.2) is 0 Å². The van der Waals surface area contributed by atoms with E-state index in [0.717, 1.165) is 28.8 Å². The van der Waals surface area contributed by atoms with Crippen LogP contribution in [-0.4, -0.2) is 21.9 Å². The number of nitrogens with zero attached hydrogens (tertiary/aromatic N) is 2. The Hall–Kier alpha value is -2.67. The van der Waals surface area contributed by atoms with Crippen LogP contribution in [0, 0.1) is 0 Å². The van der Waals surface area contributed by atoms with Gasteiger partial charge in [-0.3, -0.25) is 0 Å². The number of hydrogen-bond acceptors (Lipinski definition) is 4. The second-order valence-electron chi connectivity index (χ2n) is 5.50. The summed E-state index contributed by atoms with van der Waals surface area (Å²) in [6.07, 6.45) is -3.64. The molecule has 0 saturated heterocycles. The van der Waals surface area contributed by atoms with Crippen LogP contribution in [-0.2, 0) is 19.0 Å². The summed E-state index contributed by atoms with van der Waals surface area (Å²) in [6, 6.07) is 12.4. The van der Waals surface area contributed by atoms with Crippen molar-refractivity contribution in [2.75, 3.05) is 6.61 Å². The fraction of sp³-hybridized carbons (Fsp3) is 0.222. The van der Waals surface area contributed by atoms with Crippen LogP contribution in [0.2, 0.25) is 0 Å². The van der Waals surface area contributed by atoms with Gasteiger partial charge < -0.3 is 9.52 Å². The van der Waals surface area contributed by atoms with E-state index in [1.807, 2.05) is 24.3 Å². The molecule has 0 aliphatic rings. The number of hydrogen-bond donors (Lipinski definition) is 1. The van der Waals surface area contributed by atoms with Gasteiger partial charge in [0.05, 0.1) is 12.2 Å². The van der Waals surface area contributed by atoms with Crippen LogP contribution in [0.5, 0.6) is 0 Å². The van der Waals surface area contributed by atoms with Gasteiger partial charge in [-0.1, -0.05) is 30.3 Å². The van der Waals surface area contributed by atoms with Crippen LogP contribution in [0.25, 0.3) is 11.5 Å². The molecule has 0 saturated carbocycles. The number of rotatable bonds is 5. The van der Waals surface area contributed by atoms with Crippen molar-refractivity contribution in [1.29, 1.82) is 0 Å². The molecule has 0 spiro atoms. The van der Waals surface area contributed by atoms with Crippen molar-refractivity contribution in [3.63, 3.8) is 0 Å². The van der Waals surface area contributed by atoms with Gasteiger partial charge in [0.1, 0.15) is 0 Å². The Morgan fingerprint density at radius 2 is 1.68 bits per heavy atom. The number of alkyl halides is 3. The van der Waals surface area contributed by atoms with Crippen LogP contribution in [0.1, 0.15) is 22.6 Å². The maximum Gasteiger partial charge on any atom is 0.416 e. The minimum Gasteiger partial charge on any atom is -0.421 e. The predicted molar refractivity (Wildman–Crippen MR) is 84.8 cm³/mol. The molecule has 0 bridgehead atoms. The van der Waals surface area contributed by atoms with Gasteiger partial charge in [-0.05, 0) is 35.7 Å². The van der Waals surface area contributed by atoms with E-state index in [2.05, 4.69) is 10.2 Å². The number of benzene rings is 2. The van der Waals surface area contributed by atoms with E-state index in [1.165, 1.54) is 12.1 Å². The predicted octanol–water partition coefficient (Wildman–Crippen LogP) is 3.88. The Bertz CT molecular complexity index is 842. The smallest absolute Gasteiger partial charge is 0.416 e. The Morgan fingerprint density at radius 1 is 0.960 bits per heavy atom. The third-order valence-corrected chi connectivity index (χ3v) is 3.72. The maximum absolute atomic E-state index is 12.7. The molecule has 130 valence electrons. The summed E-state index contributed by atoms with van der Waals surface area (Å²) in [5.74, 6) is 0.660. The highest BCUT2D eigenvalue weighted by molar-refractivity contribution is 5.59. The second kappa shape index (κ2) is 7.06. The third-order valence-electron chi connectivity index (χ3n) is 3.72. The minimum absolute atomic E-state index is 0.0885. The standard InChI is InChI=1S/C18H15F3N2O2/c19-18(20,21)14-7-5-12(6-8-14)11-13-3-1-2-4-15(13)17-23-22-16(25-17)9-10-24/h1-8,24H,9-11H2. The van der Waals surface area contributed by atoms with Gasteiger partial charge >= 0.3 is 6.18 Å². The average Bonchev–Trinajstić information content (AvgIpc) is 3.04. The summed E-state index contributed by atoms with van der Waals surface area (Å²) in [4.78, 5) is 0. The summed E-state index contributed by atoms with van der Waals surface area (Å²) in [5.41, 5.74) is 1.66. The Kier molecular flexibility index (Phi) is 4.85. The van der Waals surface area contributed by atoms with Crippen molar-refractivity contribution < 1.29 is 22.7 Å². The van der Waals surface area contributed by atoms with E-state index in [4.69, 9.17) is 9.52 Å². The second-order valence-corrected chi connectivity index (χ2v) is 5.50. The number of halogens is 3. The SMILES string of the molecule is OCCc1nnc(-c2ccccc2Cc2ccc(C(F)(F)F)cc2)o1. The normalized spacial score (nSPS) is 11.7. The molecule has 0 unspecified atom stereocenters. The van der Waals surface area contributed by atoms with E-state index >= 15 is 0 Å². The molecule has 1 aromatic heterocycles. The minimum atomic E-state index is -4.34. The molecule has 2 aromatic carbocycles. The van der Waals surface area contributed by atoms with Crippen molar-refractivity contribution in [1.82, 2.24) is 10.2 Å². The largest absolute Gasteiger partial charge is 0.421 e. The molecule has 1 N–H and O–H groups in total. The fourth-order valence-corrected chi connectivity index (χ4v) is 2.47. The highest BCUT2D eigenvalue weighted by atomic mass is 19.4. The molecule has 0 radical (unpaired) electrons. The van der Waals surface area contributed by atoms with Gasteiger partial charge in [0.2, 0.25) is 11.8 Å². The lowest BCUT2D eigenvalue weighted by Gasteiger charge is -2.09. The highest BCUT2D eigenvalue weighted by Gasteiger charge is 2.29. The third kappa shape index (κ3) is 4.06. The quantitative estimate of drug-likeness (QED) is 0.760. The lowest BCUT2D eigenvalue weighted by molar-refractivity contribution is -0.137. The summed E-state index contributed by atoms with van der Waals surface area (Å²) in [7, 11) is 0. The first kappa shape index (κ1) is 17.2. The summed E-state index contributed by atoms with van der Waals surface area (Å²) >= 11 is 0. The Morgan fingerprint density at radius 3 is 2.36 bits per heavy atom. The molecule has 7 heteroatoms. The van der Waals surface area contributed by atoms with E-state index in [1.54, 1.807) is 0 Å². The summed E-state index contributed by atoms with van der Waals surface area (Å²) in [5, 5.41) is 16.8.